The monoisotopic (exact) mass is 446 g/mol. The number of benzene rings is 1. The lowest BCUT2D eigenvalue weighted by molar-refractivity contribution is -0.161. The van der Waals surface area contributed by atoms with Gasteiger partial charge in [-0.25, -0.2) is 4.79 Å². The molecule has 0 saturated carbocycles. The Morgan fingerprint density at radius 3 is 2.39 bits per heavy atom. The van der Waals surface area contributed by atoms with E-state index >= 15 is 0 Å². The van der Waals surface area contributed by atoms with E-state index in [-0.39, 0.29) is 11.3 Å². The lowest BCUT2D eigenvalue weighted by Gasteiger charge is -2.28. The summed E-state index contributed by atoms with van der Waals surface area (Å²) in [5.74, 6) is -1.17. The first kappa shape index (κ1) is 23.1. The molecule has 0 fully saturated rings. The third-order valence-corrected chi connectivity index (χ3v) is 5.22. The summed E-state index contributed by atoms with van der Waals surface area (Å²) in [6, 6.07) is 8.93. The molecule has 0 saturated heterocycles. The lowest BCUT2D eigenvalue weighted by Crippen LogP contribution is -2.33. The fourth-order valence-corrected chi connectivity index (χ4v) is 3.79. The SMILES string of the molecule is COCCn1ccc2c(-c3ccc(Cl)cc3)c(C(OC(C)(C)C)C(=O)O)n(C)c(=O)c21. The molecule has 1 aromatic carbocycles. The van der Waals surface area contributed by atoms with Gasteiger partial charge < -0.3 is 23.7 Å². The number of methoxy groups -OCH3 is 1. The van der Waals surface area contributed by atoms with Gasteiger partial charge in [-0.05, 0) is 44.5 Å². The largest absolute Gasteiger partial charge is 0.479 e. The highest BCUT2D eigenvalue weighted by molar-refractivity contribution is 6.30. The van der Waals surface area contributed by atoms with Crippen LogP contribution in [0.5, 0.6) is 0 Å². The predicted octanol–water partition coefficient (Wildman–Crippen LogP) is 4.25. The van der Waals surface area contributed by atoms with Crippen LogP contribution in [0, 0.1) is 0 Å². The Hall–Kier alpha value is -2.61. The number of carboxylic acids is 1. The molecule has 2 heterocycles. The van der Waals surface area contributed by atoms with Gasteiger partial charge in [0, 0.05) is 42.9 Å². The van der Waals surface area contributed by atoms with Crippen molar-refractivity contribution in [1.29, 1.82) is 0 Å². The van der Waals surface area contributed by atoms with Crippen molar-refractivity contribution in [3.8, 4) is 11.1 Å². The molecule has 1 N–H and O–H groups in total. The number of hydrogen-bond donors (Lipinski definition) is 1. The van der Waals surface area contributed by atoms with Gasteiger partial charge in [0.05, 0.1) is 17.9 Å². The molecular formula is C23H27ClN2O5. The molecule has 8 heteroatoms. The standard InChI is InChI=1S/C23H27ClN2O5/c1-23(2,3)31-20(22(28)29)19-17(14-6-8-15(24)9-7-14)16-10-11-26(12-13-30-5)18(16)21(27)25(19)4/h6-11,20H,12-13H2,1-5H3,(H,28,29). The van der Waals surface area contributed by atoms with Gasteiger partial charge in [-0.1, -0.05) is 23.7 Å². The van der Waals surface area contributed by atoms with Crippen LogP contribution in [0.1, 0.15) is 32.6 Å². The molecule has 0 aliphatic carbocycles. The van der Waals surface area contributed by atoms with Gasteiger partial charge in [0.25, 0.3) is 5.56 Å². The molecule has 0 spiro atoms. The Kier molecular flexibility index (Phi) is 6.59. The van der Waals surface area contributed by atoms with Gasteiger partial charge in [-0.2, -0.15) is 0 Å². The summed E-state index contributed by atoms with van der Waals surface area (Å²) in [4.78, 5) is 25.6. The van der Waals surface area contributed by atoms with Crippen molar-refractivity contribution >= 4 is 28.5 Å². The minimum absolute atomic E-state index is 0.284. The van der Waals surface area contributed by atoms with Crippen LogP contribution in [0.4, 0.5) is 0 Å². The van der Waals surface area contributed by atoms with Gasteiger partial charge in [-0.3, -0.25) is 4.79 Å². The third-order valence-electron chi connectivity index (χ3n) is 4.97. The van der Waals surface area contributed by atoms with Crippen LogP contribution in [0.25, 0.3) is 22.0 Å². The van der Waals surface area contributed by atoms with Crippen LogP contribution in [-0.4, -0.2) is 39.5 Å². The number of halogens is 1. The lowest BCUT2D eigenvalue weighted by atomic mass is 9.96. The van der Waals surface area contributed by atoms with E-state index in [1.54, 1.807) is 47.1 Å². The second kappa shape index (κ2) is 8.86. The average molecular weight is 447 g/mol. The highest BCUT2D eigenvalue weighted by Gasteiger charge is 2.33. The average Bonchev–Trinajstić information content (AvgIpc) is 3.11. The summed E-state index contributed by atoms with van der Waals surface area (Å²) in [5, 5.41) is 11.2. The minimum Gasteiger partial charge on any atom is -0.479 e. The molecule has 0 amide bonds. The second-order valence-electron chi connectivity index (χ2n) is 8.34. The van der Waals surface area contributed by atoms with E-state index in [4.69, 9.17) is 21.1 Å². The first-order valence-corrected chi connectivity index (χ1v) is 10.3. The number of rotatable bonds is 7. The Bertz CT molecular complexity index is 1160. The van der Waals surface area contributed by atoms with Crippen LogP contribution >= 0.6 is 11.6 Å². The molecule has 7 nitrogen and oxygen atoms in total. The number of hydrogen-bond acceptors (Lipinski definition) is 4. The van der Waals surface area contributed by atoms with E-state index in [1.165, 1.54) is 4.57 Å². The minimum atomic E-state index is -1.34. The molecule has 0 aliphatic rings. The Balaban J connectivity index is 2.41. The highest BCUT2D eigenvalue weighted by Crippen LogP contribution is 2.37. The number of aliphatic carboxylic acids is 1. The van der Waals surface area contributed by atoms with Gasteiger partial charge >= 0.3 is 5.97 Å². The maximum absolute atomic E-state index is 13.4. The fraction of sp³-hybridized carbons (Fsp3) is 0.391. The van der Waals surface area contributed by atoms with Crippen LogP contribution < -0.4 is 5.56 Å². The van der Waals surface area contributed by atoms with Crippen molar-refractivity contribution in [2.75, 3.05) is 13.7 Å². The number of fused-ring (bicyclic) bond motifs is 1. The zero-order chi connectivity index (χ0) is 22.9. The third kappa shape index (κ3) is 4.69. The van der Waals surface area contributed by atoms with Crippen LogP contribution in [-0.2, 0) is 27.9 Å². The van der Waals surface area contributed by atoms with Crippen molar-refractivity contribution < 1.29 is 19.4 Å². The highest BCUT2D eigenvalue weighted by atomic mass is 35.5. The number of carbonyl (C=O) groups is 1. The Morgan fingerprint density at radius 1 is 1.19 bits per heavy atom. The number of nitrogens with zero attached hydrogens (tertiary/aromatic N) is 2. The number of carboxylic acid groups (broad SMARTS) is 1. The fourth-order valence-electron chi connectivity index (χ4n) is 3.67. The van der Waals surface area contributed by atoms with Crippen LogP contribution in [0.15, 0.2) is 41.3 Å². The predicted molar refractivity (Wildman–Crippen MR) is 121 cm³/mol. The molecule has 31 heavy (non-hydrogen) atoms. The second-order valence-corrected chi connectivity index (χ2v) is 8.78. The van der Waals surface area contributed by atoms with Crippen molar-refractivity contribution in [2.45, 2.75) is 39.0 Å². The van der Waals surface area contributed by atoms with E-state index in [1.807, 2.05) is 29.0 Å². The number of ether oxygens (including phenoxy) is 2. The summed E-state index contributed by atoms with van der Waals surface area (Å²) < 4.78 is 14.3. The number of pyridine rings is 1. The smallest absolute Gasteiger partial charge is 0.339 e. The first-order chi connectivity index (χ1) is 14.5. The van der Waals surface area contributed by atoms with E-state index in [2.05, 4.69) is 0 Å². The summed E-state index contributed by atoms with van der Waals surface area (Å²) in [6.07, 6.45) is 0.476. The van der Waals surface area contributed by atoms with Gasteiger partial charge in [0.2, 0.25) is 0 Å². The van der Waals surface area contributed by atoms with Crippen LogP contribution in [0.2, 0.25) is 5.02 Å². The van der Waals surface area contributed by atoms with E-state index in [0.717, 1.165) is 5.56 Å². The van der Waals surface area contributed by atoms with Crippen LogP contribution in [0.3, 0.4) is 0 Å². The van der Waals surface area contributed by atoms with E-state index in [9.17, 15) is 14.7 Å². The molecule has 3 aromatic rings. The van der Waals surface area contributed by atoms with Gasteiger partial charge in [-0.15, -0.1) is 0 Å². The Morgan fingerprint density at radius 2 is 1.84 bits per heavy atom. The van der Waals surface area contributed by atoms with Crippen molar-refractivity contribution in [2.24, 2.45) is 7.05 Å². The zero-order valence-electron chi connectivity index (χ0n) is 18.3. The normalized spacial score (nSPS) is 13.0. The van der Waals surface area contributed by atoms with E-state index in [0.29, 0.717) is 34.6 Å². The first-order valence-electron chi connectivity index (χ1n) is 9.92. The van der Waals surface area contributed by atoms with Gasteiger partial charge in [0.1, 0.15) is 5.52 Å². The van der Waals surface area contributed by atoms with Crippen molar-refractivity contribution in [1.82, 2.24) is 9.13 Å². The molecular weight excluding hydrogens is 420 g/mol. The summed E-state index contributed by atoms with van der Waals surface area (Å²) in [7, 11) is 3.18. The maximum Gasteiger partial charge on any atom is 0.339 e. The van der Waals surface area contributed by atoms with Crippen molar-refractivity contribution in [3.05, 3.63) is 57.6 Å². The maximum atomic E-state index is 13.4. The summed E-state index contributed by atoms with van der Waals surface area (Å²) >= 11 is 6.08. The van der Waals surface area contributed by atoms with Crippen molar-refractivity contribution in [3.63, 3.8) is 0 Å². The molecule has 1 unspecified atom stereocenters. The molecule has 3 rings (SSSR count). The number of aromatic nitrogens is 2. The molecule has 0 aliphatic heterocycles. The molecule has 0 bridgehead atoms. The summed E-state index contributed by atoms with van der Waals surface area (Å²) in [5.41, 5.74) is 1.10. The molecule has 166 valence electrons. The van der Waals surface area contributed by atoms with Gasteiger partial charge in [0.15, 0.2) is 6.10 Å². The molecule has 0 radical (unpaired) electrons. The Labute approximate surface area is 185 Å². The quantitative estimate of drug-likeness (QED) is 0.586. The zero-order valence-corrected chi connectivity index (χ0v) is 19.1. The molecule has 2 aromatic heterocycles. The van der Waals surface area contributed by atoms with E-state index < -0.39 is 17.7 Å². The topological polar surface area (TPSA) is 82.7 Å². The summed E-state index contributed by atoms with van der Waals surface area (Å²) in [6.45, 7) is 6.28. The molecule has 1 atom stereocenters.